The van der Waals surface area contributed by atoms with Gasteiger partial charge in [0.25, 0.3) is 0 Å². The zero-order valence-electron chi connectivity index (χ0n) is 11.3. The number of aliphatic hydroxyl groups excluding tert-OH is 1. The molecule has 1 aromatic rings. The molecule has 3 rings (SSSR count). The fourth-order valence-corrected chi connectivity index (χ4v) is 2.83. The summed E-state index contributed by atoms with van der Waals surface area (Å²) in [6.07, 6.45) is -0.761. The maximum absolute atomic E-state index is 12.2. The first-order chi connectivity index (χ1) is 8.99. The van der Waals surface area contributed by atoms with Gasteiger partial charge in [0.2, 0.25) is 5.78 Å². The predicted octanol–water partition coefficient (Wildman–Crippen LogP) is 2.24. The molecule has 4 nitrogen and oxygen atoms in total. The van der Waals surface area contributed by atoms with Crippen molar-refractivity contribution >= 4 is 5.78 Å². The molecule has 1 N–H and O–H groups in total. The highest BCUT2D eigenvalue weighted by Crippen LogP contribution is 2.42. The monoisotopic (exact) mass is 262 g/mol. The van der Waals surface area contributed by atoms with E-state index in [1.54, 1.807) is 0 Å². The van der Waals surface area contributed by atoms with Crippen LogP contribution in [0.5, 0.6) is 5.75 Å². The van der Waals surface area contributed by atoms with Crippen LogP contribution in [0.4, 0.5) is 0 Å². The fraction of sp³-hybridized carbons (Fsp3) is 0.533. The highest BCUT2D eigenvalue weighted by molar-refractivity contribution is 6.05. The third-order valence-corrected chi connectivity index (χ3v) is 3.78. The summed E-state index contributed by atoms with van der Waals surface area (Å²) in [5, 5.41) is 10.1. The number of hydrogen-bond acceptors (Lipinski definition) is 4. The van der Waals surface area contributed by atoms with Gasteiger partial charge in [-0.3, -0.25) is 4.79 Å². The smallest absolute Gasteiger partial charge is 0.207 e. The molecule has 1 aromatic carbocycles. The molecule has 0 bridgehead atoms. The van der Waals surface area contributed by atoms with Crippen LogP contribution in [0.15, 0.2) is 12.1 Å². The average molecular weight is 262 g/mol. The van der Waals surface area contributed by atoms with Gasteiger partial charge in [-0.2, -0.15) is 0 Å². The summed E-state index contributed by atoms with van der Waals surface area (Å²) in [5.41, 5.74) is 2.20. The first-order valence-corrected chi connectivity index (χ1v) is 6.69. The number of rotatable bonds is 1. The summed E-state index contributed by atoms with van der Waals surface area (Å²) in [6.45, 7) is 5.83. The van der Waals surface area contributed by atoms with Crippen molar-refractivity contribution in [2.45, 2.75) is 45.7 Å². The molecule has 2 heterocycles. The number of carbonyl (C=O) groups is 1. The summed E-state index contributed by atoms with van der Waals surface area (Å²) in [4.78, 5) is 12.2. The van der Waals surface area contributed by atoms with Crippen LogP contribution in [0, 0.1) is 5.92 Å². The second-order valence-corrected chi connectivity index (χ2v) is 5.66. The van der Waals surface area contributed by atoms with Crippen molar-refractivity contribution in [1.29, 1.82) is 0 Å². The molecular formula is C15H18O4. The van der Waals surface area contributed by atoms with Gasteiger partial charge in [0.15, 0.2) is 12.4 Å². The van der Waals surface area contributed by atoms with Crippen LogP contribution < -0.4 is 4.74 Å². The molecule has 0 aliphatic carbocycles. The summed E-state index contributed by atoms with van der Waals surface area (Å²) in [5.74, 6) is 0.621. The van der Waals surface area contributed by atoms with E-state index in [4.69, 9.17) is 9.47 Å². The zero-order chi connectivity index (χ0) is 13.7. The normalized spacial score (nSPS) is 29.1. The van der Waals surface area contributed by atoms with Gasteiger partial charge >= 0.3 is 0 Å². The minimum absolute atomic E-state index is 0.00128. The molecule has 0 fully saturated rings. The fourth-order valence-electron chi connectivity index (χ4n) is 2.83. The molecule has 2 aliphatic rings. The maximum Gasteiger partial charge on any atom is 0.207 e. The number of Topliss-reactive ketones (excluding diaryl/α,β-unsaturated/α-hetero) is 1. The number of ether oxygens (including phenoxy) is 2. The molecule has 102 valence electrons. The van der Waals surface area contributed by atoms with Crippen molar-refractivity contribution in [3.63, 3.8) is 0 Å². The van der Waals surface area contributed by atoms with Crippen LogP contribution in [0.25, 0.3) is 0 Å². The van der Waals surface area contributed by atoms with E-state index in [2.05, 4.69) is 0 Å². The predicted molar refractivity (Wildman–Crippen MR) is 69.2 cm³/mol. The second-order valence-electron chi connectivity index (χ2n) is 5.66. The van der Waals surface area contributed by atoms with Crippen molar-refractivity contribution in [3.05, 3.63) is 28.8 Å². The van der Waals surface area contributed by atoms with Crippen LogP contribution in [0.1, 0.15) is 48.5 Å². The lowest BCUT2D eigenvalue weighted by atomic mass is 9.93. The van der Waals surface area contributed by atoms with E-state index in [1.165, 1.54) is 0 Å². The Hall–Kier alpha value is -1.39. The molecule has 2 aliphatic heterocycles. The van der Waals surface area contributed by atoms with E-state index in [9.17, 15) is 9.90 Å². The Morgan fingerprint density at radius 1 is 1.37 bits per heavy atom. The number of aliphatic hydroxyl groups is 1. The van der Waals surface area contributed by atoms with Gasteiger partial charge in [-0.15, -0.1) is 0 Å². The number of carbonyl (C=O) groups excluding carboxylic acids is 1. The molecule has 0 radical (unpaired) electrons. The molecule has 0 saturated carbocycles. The molecule has 0 spiro atoms. The number of hydrogen-bond donors (Lipinski definition) is 1. The Labute approximate surface area is 112 Å². The molecule has 0 amide bonds. The van der Waals surface area contributed by atoms with E-state index in [-0.39, 0.29) is 17.8 Å². The highest BCUT2D eigenvalue weighted by atomic mass is 16.6. The Morgan fingerprint density at radius 3 is 2.79 bits per heavy atom. The minimum Gasteiger partial charge on any atom is -0.481 e. The van der Waals surface area contributed by atoms with Gasteiger partial charge in [-0.05, 0) is 30.9 Å². The first-order valence-electron chi connectivity index (χ1n) is 6.69. The number of benzene rings is 1. The van der Waals surface area contributed by atoms with Crippen LogP contribution in [-0.4, -0.2) is 23.1 Å². The lowest BCUT2D eigenvalue weighted by molar-refractivity contribution is -0.144. The van der Waals surface area contributed by atoms with Crippen molar-refractivity contribution in [3.8, 4) is 5.75 Å². The summed E-state index contributed by atoms with van der Waals surface area (Å²) in [6, 6.07) is 3.71. The largest absolute Gasteiger partial charge is 0.481 e. The minimum atomic E-state index is -1.01. The van der Waals surface area contributed by atoms with Gasteiger partial charge in [0, 0.05) is 0 Å². The Kier molecular flexibility index (Phi) is 2.87. The Balaban J connectivity index is 2.09. The van der Waals surface area contributed by atoms with Crippen molar-refractivity contribution in [2.24, 2.45) is 5.92 Å². The van der Waals surface area contributed by atoms with Crippen LogP contribution in [-0.2, 0) is 11.2 Å². The molecule has 0 saturated heterocycles. The van der Waals surface area contributed by atoms with Crippen molar-refractivity contribution in [1.82, 2.24) is 0 Å². The summed E-state index contributed by atoms with van der Waals surface area (Å²) >= 11 is 0. The van der Waals surface area contributed by atoms with Crippen LogP contribution in [0.3, 0.4) is 0 Å². The molecule has 19 heavy (non-hydrogen) atoms. The van der Waals surface area contributed by atoms with E-state index in [0.717, 1.165) is 12.0 Å². The van der Waals surface area contributed by atoms with Crippen LogP contribution >= 0.6 is 0 Å². The zero-order valence-corrected chi connectivity index (χ0v) is 11.3. The lowest BCUT2D eigenvalue weighted by Gasteiger charge is -2.28. The maximum atomic E-state index is 12.2. The summed E-state index contributed by atoms with van der Waals surface area (Å²) < 4.78 is 11.2. The summed E-state index contributed by atoms with van der Waals surface area (Å²) in [7, 11) is 0. The molecule has 0 aromatic heterocycles. The number of ketones is 1. The molecule has 3 unspecified atom stereocenters. The lowest BCUT2D eigenvalue weighted by Crippen LogP contribution is -2.27. The topological polar surface area (TPSA) is 55.8 Å². The van der Waals surface area contributed by atoms with Crippen molar-refractivity contribution in [2.75, 3.05) is 0 Å². The van der Waals surface area contributed by atoms with Gasteiger partial charge < -0.3 is 14.6 Å². The Bertz CT molecular complexity index is 535. The average Bonchev–Trinajstić information content (AvgIpc) is 2.66. The quantitative estimate of drug-likeness (QED) is 0.843. The van der Waals surface area contributed by atoms with Gasteiger partial charge in [0.1, 0.15) is 5.75 Å². The van der Waals surface area contributed by atoms with Gasteiger partial charge in [0.05, 0.1) is 17.2 Å². The van der Waals surface area contributed by atoms with Gasteiger partial charge in [-0.25, -0.2) is 0 Å². The van der Waals surface area contributed by atoms with Gasteiger partial charge in [-0.1, -0.05) is 19.9 Å². The number of fused-ring (bicyclic) bond motifs is 3. The molecule has 4 heteroatoms. The third-order valence-electron chi connectivity index (χ3n) is 3.78. The second kappa shape index (κ2) is 4.32. The van der Waals surface area contributed by atoms with E-state index < -0.39 is 12.4 Å². The highest BCUT2D eigenvalue weighted by Gasteiger charge is 2.39. The van der Waals surface area contributed by atoms with E-state index in [1.807, 2.05) is 32.9 Å². The standard InChI is InChI=1S/C15H18O4/c1-7(2)13-12(16)10-5-4-9-6-8(3)18-15(17)11(9)14(10)19-13/h4-5,7-8,13,15,17H,6H2,1-3H3. The van der Waals surface area contributed by atoms with Crippen molar-refractivity contribution < 1.29 is 19.4 Å². The third kappa shape index (κ3) is 1.86. The van der Waals surface area contributed by atoms with E-state index >= 15 is 0 Å². The SMILES string of the molecule is CC1Cc2ccc3c(c2C(O)O1)OC(C(C)C)C3=O. The first kappa shape index (κ1) is 12.6. The van der Waals surface area contributed by atoms with Crippen LogP contribution in [0.2, 0.25) is 0 Å². The molecular weight excluding hydrogens is 244 g/mol. The molecule has 3 atom stereocenters. The van der Waals surface area contributed by atoms with E-state index in [0.29, 0.717) is 16.9 Å². The Morgan fingerprint density at radius 2 is 2.11 bits per heavy atom.